The quantitative estimate of drug-likeness (QED) is 0.487. The third-order valence-corrected chi connectivity index (χ3v) is 2.24. The van der Waals surface area contributed by atoms with Gasteiger partial charge in [-0.15, -0.1) is 0 Å². The van der Waals surface area contributed by atoms with Gasteiger partial charge >= 0.3 is 0 Å². The molecule has 0 fully saturated rings. The van der Waals surface area contributed by atoms with Gasteiger partial charge in [-0.3, -0.25) is 4.79 Å². The highest BCUT2D eigenvalue weighted by Gasteiger charge is 2.20. The summed E-state index contributed by atoms with van der Waals surface area (Å²) in [6.45, 7) is 4.29. The number of carbonyl (C=O) groups is 1. The van der Waals surface area contributed by atoms with Crippen molar-refractivity contribution in [2.24, 2.45) is 11.8 Å². The molecular weight excluding hydrogens is 112 g/mol. The predicted octanol–water partition coefficient (Wildman–Crippen LogP) is 1.79. The standard InChI is InChI=1S/C8H12O/c1-6-3-4-8(5-9)7(6)2/h4-7H,3H2,1-2H3/t6-,7+/m0/s1. The highest BCUT2D eigenvalue weighted by atomic mass is 16.1. The van der Waals surface area contributed by atoms with Crippen LogP contribution in [0, 0.1) is 11.8 Å². The van der Waals surface area contributed by atoms with Gasteiger partial charge in [0.15, 0.2) is 0 Å². The summed E-state index contributed by atoms with van der Waals surface area (Å²) in [5.74, 6) is 1.16. The Bertz CT molecular complexity index is 147. The molecule has 0 saturated carbocycles. The molecule has 50 valence electrons. The first-order valence-corrected chi connectivity index (χ1v) is 3.41. The Labute approximate surface area is 55.8 Å². The minimum atomic E-state index is 0.488. The van der Waals surface area contributed by atoms with Gasteiger partial charge in [0.25, 0.3) is 0 Å². The molecule has 0 unspecified atom stereocenters. The van der Waals surface area contributed by atoms with E-state index in [1.165, 1.54) is 0 Å². The predicted molar refractivity (Wildman–Crippen MR) is 37.1 cm³/mol. The second-order valence-corrected chi connectivity index (χ2v) is 2.82. The van der Waals surface area contributed by atoms with Crippen LogP contribution < -0.4 is 0 Å². The van der Waals surface area contributed by atoms with Gasteiger partial charge in [0.05, 0.1) is 0 Å². The molecule has 0 spiro atoms. The SMILES string of the molecule is C[C@H]1CC=C(C=O)[C@@H]1C. The molecule has 0 saturated heterocycles. The van der Waals surface area contributed by atoms with Gasteiger partial charge in [-0.1, -0.05) is 19.9 Å². The molecule has 9 heavy (non-hydrogen) atoms. The van der Waals surface area contributed by atoms with E-state index in [4.69, 9.17) is 0 Å². The summed E-state index contributed by atoms with van der Waals surface area (Å²) in [6, 6.07) is 0. The summed E-state index contributed by atoms with van der Waals surface area (Å²) in [5, 5.41) is 0. The van der Waals surface area contributed by atoms with Crippen LogP contribution in [0.15, 0.2) is 11.6 Å². The first-order chi connectivity index (χ1) is 4.25. The Morgan fingerprint density at radius 1 is 1.67 bits per heavy atom. The summed E-state index contributed by atoms with van der Waals surface area (Å²) < 4.78 is 0. The maximum absolute atomic E-state index is 10.3. The van der Waals surface area contributed by atoms with Gasteiger partial charge in [0.1, 0.15) is 6.29 Å². The molecule has 0 heterocycles. The van der Waals surface area contributed by atoms with Crippen molar-refractivity contribution in [3.05, 3.63) is 11.6 Å². The Kier molecular flexibility index (Phi) is 1.70. The molecule has 0 radical (unpaired) electrons. The maximum atomic E-state index is 10.3. The van der Waals surface area contributed by atoms with Crippen LogP contribution in [0.3, 0.4) is 0 Å². The molecule has 1 aliphatic carbocycles. The van der Waals surface area contributed by atoms with Crippen LogP contribution in [0.1, 0.15) is 20.3 Å². The molecule has 0 aromatic rings. The van der Waals surface area contributed by atoms with E-state index < -0.39 is 0 Å². The van der Waals surface area contributed by atoms with Gasteiger partial charge in [-0.05, 0) is 23.8 Å². The monoisotopic (exact) mass is 124 g/mol. The molecular formula is C8H12O. The van der Waals surface area contributed by atoms with Crippen molar-refractivity contribution in [1.82, 2.24) is 0 Å². The van der Waals surface area contributed by atoms with Crippen LogP contribution in [0.2, 0.25) is 0 Å². The largest absolute Gasteiger partial charge is 0.298 e. The van der Waals surface area contributed by atoms with Crippen molar-refractivity contribution in [2.45, 2.75) is 20.3 Å². The lowest BCUT2D eigenvalue weighted by Crippen LogP contribution is -2.03. The zero-order chi connectivity index (χ0) is 6.85. The third-order valence-electron chi connectivity index (χ3n) is 2.24. The van der Waals surface area contributed by atoms with E-state index in [1.54, 1.807) is 0 Å². The lowest BCUT2D eigenvalue weighted by atomic mass is 9.96. The molecule has 1 rings (SSSR count). The Morgan fingerprint density at radius 3 is 2.56 bits per heavy atom. The highest BCUT2D eigenvalue weighted by Crippen LogP contribution is 2.29. The smallest absolute Gasteiger partial charge is 0.145 e. The van der Waals surface area contributed by atoms with Gasteiger partial charge in [0, 0.05) is 0 Å². The molecule has 1 heteroatoms. The molecule has 0 aliphatic heterocycles. The van der Waals surface area contributed by atoms with Crippen molar-refractivity contribution in [2.75, 3.05) is 0 Å². The van der Waals surface area contributed by atoms with Gasteiger partial charge in [-0.25, -0.2) is 0 Å². The summed E-state index contributed by atoms with van der Waals surface area (Å²) in [5.41, 5.74) is 0.988. The molecule has 0 amide bonds. The summed E-state index contributed by atoms with van der Waals surface area (Å²) in [6.07, 6.45) is 4.10. The van der Waals surface area contributed by atoms with Gasteiger partial charge in [0.2, 0.25) is 0 Å². The first kappa shape index (κ1) is 6.53. The molecule has 1 aliphatic rings. The molecule has 2 atom stereocenters. The minimum absolute atomic E-state index is 0.488. The number of aldehydes is 1. The molecule has 0 aromatic heterocycles. The Morgan fingerprint density at radius 2 is 2.33 bits per heavy atom. The molecule has 0 aromatic carbocycles. The van der Waals surface area contributed by atoms with E-state index in [1.807, 2.05) is 6.08 Å². The van der Waals surface area contributed by atoms with Crippen molar-refractivity contribution >= 4 is 6.29 Å². The Balaban J connectivity index is 2.66. The molecule has 1 nitrogen and oxygen atoms in total. The van der Waals surface area contributed by atoms with Crippen molar-refractivity contribution in [1.29, 1.82) is 0 Å². The second-order valence-electron chi connectivity index (χ2n) is 2.82. The van der Waals surface area contributed by atoms with Crippen molar-refractivity contribution < 1.29 is 4.79 Å². The van der Waals surface area contributed by atoms with Crippen LogP contribution in [-0.4, -0.2) is 6.29 Å². The van der Waals surface area contributed by atoms with Gasteiger partial charge in [-0.2, -0.15) is 0 Å². The van der Waals surface area contributed by atoms with Crippen LogP contribution >= 0.6 is 0 Å². The number of hydrogen-bond acceptors (Lipinski definition) is 1. The normalized spacial score (nSPS) is 34.2. The highest BCUT2D eigenvalue weighted by molar-refractivity contribution is 5.74. The van der Waals surface area contributed by atoms with E-state index in [0.29, 0.717) is 11.8 Å². The zero-order valence-electron chi connectivity index (χ0n) is 5.92. The van der Waals surface area contributed by atoms with E-state index in [2.05, 4.69) is 13.8 Å². The van der Waals surface area contributed by atoms with E-state index >= 15 is 0 Å². The fraction of sp³-hybridized carbons (Fsp3) is 0.625. The first-order valence-electron chi connectivity index (χ1n) is 3.41. The fourth-order valence-corrected chi connectivity index (χ4v) is 1.20. The fourth-order valence-electron chi connectivity index (χ4n) is 1.20. The summed E-state index contributed by atoms with van der Waals surface area (Å²) >= 11 is 0. The van der Waals surface area contributed by atoms with Gasteiger partial charge < -0.3 is 0 Å². The molecule has 0 bridgehead atoms. The van der Waals surface area contributed by atoms with Crippen LogP contribution in [-0.2, 0) is 4.79 Å². The van der Waals surface area contributed by atoms with Crippen molar-refractivity contribution in [3.8, 4) is 0 Å². The molecule has 0 N–H and O–H groups in total. The van der Waals surface area contributed by atoms with Crippen LogP contribution in [0.4, 0.5) is 0 Å². The summed E-state index contributed by atoms with van der Waals surface area (Å²) in [7, 11) is 0. The average Bonchev–Trinajstić information content (AvgIpc) is 2.15. The number of carbonyl (C=O) groups excluding carboxylic acids is 1. The average molecular weight is 124 g/mol. The third kappa shape index (κ3) is 1.04. The lowest BCUT2D eigenvalue weighted by Gasteiger charge is -2.08. The topological polar surface area (TPSA) is 17.1 Å². The minimum Gasteiger partial charge on any atom is -0.298 e. The number of allylic oxidation sites excluding steroid dienone is 2. The lowest BCUT2D eigenvalue weighted by molar-refractivity contribution is -0.105. The van der Waals surface area contributed by atoms with E-state index in [0.717, 1.165) is 18.3 Å². The number of rotatable bonds is 1. The number of hydrogen-bond donors (Lipinski definition) is 0. The van der Waals surface area contributed by atoms with E-state index in [9.17, 15) is 4.79 Å². The van der Waals surface area contributed by atoms with E-state index in [-0.39, 0.29) is 0 Å². The zero-order valence-corrected chi connectivity index (χ0v) is 5.92. The second kappa shape index (κ2) is 2.34. The van der Waals surface area contributed by atoms with Crippen LogP contribution in [0.25, 0.3) is 0 Å². The van der Waals surface area contributed by atoms with Crippen LogP contribution in [0.5, 0.6) is 0 Å². The summed E-state index contributed by atoms with van der Waals surface area (Å²) in [4.78, 5) is 10.3. The maximum Gasteiger partial charge on any atom is 0.145 e. The Hall–Kier alpha value is -0.590. The van der Waals surface area contributed by atoms with Crippen molar-refractivity contribution in [3.63, 3.8) is 0 Å².